The van der Waals surface area contributed by atoms with Gasteiger partial charge in [-0.1, -0.05) is 18.2 Å². The number of methoxy groups -OCH3 is 1. The molecule has 0 saturated heterocycles. The van der Waals surface area contributed by atoms with Crippen molar-refractivity contribution in [3.05, 3.63) is 59.7 Å². The van der Waals surface area contributed by atoms with Crippen molar-refractivity contribution in [1.82, 2.24) is 10.2 Å². The van der Waals surface area contributed by atoms with Gasteiger partial charge in [0, 0.05) is 25.7 Å². The lowest BCUT2D eigenvalue weighted by Gasteiger charge is -2.21. The van der Waals surface area contributed by atoms with Crippen molar-refractivity contribution in [2.45, 2.75) is 12.6 Å². The predicted octanol–water partition coefficient (Wildman–Crippen LogP) is 4.70. The molecule has 0 aliphatic carbocycles. The molecule has 1 aliphatic heterocycles. The monoisotopic (exact) mass is 455 g/mol. The van der Waals surface area contributed by atoms with E-state index in [1.807, 2.05) is 12.1 Å². The molecule has 0 bridgehead atoms. The predicted molar refractivity (Wildman–Crippen MR) is 119 cm³/mol. The number of anilines is 2. The Bertz CT molecular complexity index is 1240. The van der Waals surface area contributed by atoms with Gasteiger partial charge in [0.2, 0.25) is 11.8 Å². The molecular weight excluding hydrogens is 435 g/mol. The van der Waals surface area contributed by atoms with Gasteiger partial charge in [0.05, 0.1) is 47.6 Å². The van der Waals surface area contributed by atoms with Gasteiger partial charge in [0.25, 0.3) is 0 Å². The number of carbonyl (C=O) groups excluding carboxylic acids is 1. The van der Waals surface area contributed by atoms with Crippen LogP contribution in [0.25, 0.3) is 11.3 Å². The van der Waals surface area contributed by atoms with Gasteiger partial charge in [0.15, 0.2) is 0 Å². The number of fused-ring (bicyclic) bond motifs is 1. The topological polar surface area (TPSA) is 79.7 Å². The standard InChI is InChI=1S/C23H20F3N5O2/c1-31(2)20-11-19-18(10-15(20)23(24,25)26)28-21(32)12-17(27-19)14-6-4-5-13(9-14)16-7-8-22(33-3)30-29-16/h4-11H,12H2,1-3H3,(H,28,32). The first-order chi connectivity index (χ1) is 15.7. The number of hydrogen-bond acceptors (Lipinski definition) is 6. The lowest BCUT2D eigenvalue weighted by Crippen LogP contribution is -2.18. The van der Waals surface area contributed by atoms with E-state index < -0.39 is 17.6 Å². The van der Waals surface area contributed by atoms with E-state index in [4.69, 9.17) is 4.74 Å². The summed E-state index contributed by atoms with van der Waals surface area (Å²) in [6.45, 7) is 0. The molecular formula is C23H20F3N5O2. The van der Waals surface area contributed by atoms with Gasteiger partial charge in [0.1, 0.15) is 0 Å². The van der Waals surface area contributed by atoms with Crippen LogP contribution >= 0.6 is 0 Å². The van der Waals surface area contributed by atoms with E-state index in [1.165, 1.54) is 32.2 Å². The molecule has 4 rings (SSSR count). The molecule has 3 aromatic rings. The van der Waals surface area contributed by atoms with Crippen molar-refractivity contribution in [3.63, 3.8) is 0 Å². The zero-order valence-corrected chi connectivity index (χ0v) is 18.1. The maximum absolute atomic E-state index is 13.6. The number of aliphatic imine (C=N–C) groups is 1. The molecule has 0 radical (unpaired) electrons. The molecule has 0 saturated carbocycles. The Morgan fingerprint density at radius 3 is 2.42 bits per heavy atom. The van der Waals surface area contributed by atoms with Gasteiger partial charge in [-0.3, -0.25) is 9.79 Å². The zero-order chi connectivity index (χ0) is 23.8. The van der Waals surface area contributed by atoms with Crippen LogP contribution in [0.15, 0.2) is 53.5 Å². The molecule has 1 aromatic heterocycles. The number of amides is 1. The summed E-state index contributed by atoms with van der Waals surface area (Å²) in [7, 11) is 4.54. The van der Waals surface area contributed by atoms with Gasteiger partial charge in [-0.05, 0) is 29.8 Å². The maximum atomic E-state index is 13.6. The Morgan fingerprint density at radius 1 is 1.03 bits per heavy atom. The molecule has 33 heavy (non-hydrogen) atoms. The fraction of sp³-hybridized carbons (Fsp3) is 0.217. The molecule has 2 aromatic carbocycles. The highest BCUT2D eigenvalue weighted by Crippen LogP contribution is 2.43. The van der Waals surface area contributed by atoms with Crippen LogP contribution in [0, 0.1) is 0 Å². The third-order valence-corrected chi connectivity index (χ3v) is 5.10. The maximum Gasteiger partial charge on any atom is 0.418 e. The average Bonchev–Trinajstić information content (AvgIpc) is 2.95. The van der Waals surface area contributed by atoms with Gasteiger partial charge in [-0.25, -0.2) is 0 Å². The van der Waals surface area contributed by atoms with Gasteiger partial charge in [-0.15, -0.1) is 10.2 Å². The summed E-state index contributed by atoms with van der Waals surface area (Å²) in [6, 6.07) is 12.9. The Kier molecular flexibility index (Phi) is 5.75. The average molecular weight is 455 g/mol. The molecule has 1 amide bonds. The van der Waals surface area contributed by atoms with E-state index in [0.717, 1.165) is 11.6 Å². The molecule has 0 spiro atoms. The van der Waals surface area contributed by atoms with Gasteiger partial charge < -0.3 is 15.0 Å². The summed E-state index contributed by atoms with van der Waals surface area (Å²) >= 11 is 0. The third kappa shape index (κ3) is 4.64. The summed E-state index contributed by atoms with van der Waals surface area (Å²) in [5.41, 5.74) is 1.82. The number of halogens is 3. The Morgan fingerprint density at radius 2 is 1.79 bits per heavy atom. The van der Waals surface area contributed by atoms with E-state index in [0.29, 0.717) is 22.8 Å². The fourth-order valence-electron chi connectivity index (χ4n) is 3.51. The van der Waals surface area contributed by atoms with Crippen molar-refractivity contribution in [3.8, 4) is 17.1 Å². The van der Waals surface area contributed by atoms with Crippen LogP contribution in [0.2, 0.25) is 0 Å². The summed E-state index contributed by atoms with van der Waals surface area (Å²) in [5, 5.41) is 10.6. The first-order valence-corrected chi connectivity index (χ1v) is 9.94. The van der Waals surface area contributed by atoms with Crippen LogP contribution in [-0.4, -0.2) is 43.0 Å². The number of aromatic nitrogens is 2. The highest BCUT2D eigenvalue weighted by Gasteiger charge is 2.36. The van der Waals surface area contributed by atoms with E-state index >= 15 is 0 Å². The largest absolute Gasteiger partial charge is 0.480 e. The number of hydrogen-bond donors (Lipinski definition) is 1. The lowest BCUT2D eigenvalue weighted by atomic mass is 10.0. The van der Waals surface area contributed by atoms with Crippen molar-refractivity contribution in [2.75, 3.05) is 31.4 Å². The Labute approximate surface area is 187 Å². The number of ether oxygens (including phenoxy) is 1. The molecule has 10 heteroatoms. The molecule has 170 valence electrons. The molecule has 0 fully saturated rings. The van der Waals surface area contributed by atoms with E-state index in [9.17, 15) is 18.0 Å². The summed E-state index contributed by atoms with van der Waals surface area (Å²) in [6.07, 6.45) is -4.67. The summed E-state index contributed by atoms with van der Waals surface area (Å²) < 4.78 is 45.8. The van der Waals surface area contributed by atoms with Crippen molar-refractivity contribution >= 4 is 28.7 Å². The minimum Gasteiger partial charge on any atom is -0.480 e. The van der Waals surface area contributed by atoms with Crippen LogP contribution in [0.4, 0.5) is 30.2 Å². The second-order valence-corrected chi connectivity index (χ2v) is 7.60. The van der Waals surface area contributed by atoms with Gasteiger partial charge in [-0.2, -0.15) is 13.2 Å². The van der Waals surface area contributed by atoms with E-state index in [1.54, 1.807) is 24.3 Å². The van der Waals surface area contributed by atoms with Crippen molar-refractivity contribution in [1.29, 1.82) is 0 Å². The summed E-state index contributed by atoms with van der Waals surface area (Å²) in [5.74, 6) is -0.0703. The van der Waals surface area contributed by atoms with Crippen LogP contribution < -0.4 is 15.0 Å². The van der Waals surface area contributed by atoms with E-state index in [2.05, 4.69) is 20.5 Å². The van der Waals surface area contributed by atoms with Gasteiger partial charge >= 0.3 is 6.18 Å². The van der Waals surface area contributed by atoms with Crippen LogP contribution in [-0.2, 0) is 11.0 Å². The highest BCUT2D eigenvalue weighted by molar-refractivity contribution is 6.17. The van der Waals surface area contributed by atoms with Crippen LogP contribution in [0.5, 0.6) is 5.88 Å². The van der Waals surface area contributed by atoms with Crippen molar-refractivity contribution in [2.24, 2.45) is 4.99 Å². The van der Waals surface area contributed by atoms with Crippen LogP contribution in [0.1, 0.15) is 17.5 Å². The minimum absolute atomic E-state index is 0.0186. The normalized spacial score (nSPS) is 13.5. The first-order valence-electron chi connectivity index (χ1n) is 9.94. The second-order valence-electron chi connectivity index (χ2n) is 7.60. The molecule has 7 nitrogen and oxygen atoms in total. The number of alkyl halides is 3. The van der Waals surface area contributed by atoms with Crippen molar-refractivity contribution < 1.29 is 22.7 Å². The Hall–Kier alpha value is -3.95. The molecule has 0 unspecified atom stereocenters. The SMILES string of the molecule is COc1ccc(-c2cccc(C3=Nc4cc(N(C)C)c(C(F)(F)F)cc4NC(=O)C3)c2)nn1. The fourth-order valence-corrected chi connectivity index (χ4v) is 3.51. The molecule has 1 aliphatic rings. The number of nitrogens with one attached hydrogen (secondary N) is 1. The smallest absolute Gasteiger partial charge is 0.418 e. The molecule has 0 atom stereocenters. The Balaban J connectivity index is 1.80. The number of benzene rings is 2. The quantitative estimate of drug-likeness (QED) is 0.617. The van der Waals surface area contributed by atoms with Crippen LogP contribution in [0.3, 0.4) is 0 Å². The summed E-state index contributed by atoms with van der Waals surface area (Å²) in [4.78, 5) is 18.5. The molecule has 1 N–H and O–H groups in total. The zero-order valence-electron chi connectivity index (χ0n) is 18.1. The second kappa shape index (κ2) is 8.53. The minimum atomic E-state index is -4.58. The number of carbonyl (C=O) groups is 1. The molecule has 2 heterocycles. The van der Waals surface area contributed by atoms with E-state index in [-0.39, 0.29) is 23.5 Å². The highest BCUT2D eigenvalue weighted by atomic mass is 19.4. The third-order valence-electron chi connectivity index (χ3n) is 5.10. The lowest BCUT2D eigenvalue weighted by molar-refractivity contribution is -0.137. The number of rotatable bonds is 4. The number of nitrogens with zero attached hydrogens (tertiary/aromatic N) is 4. The first kappa shape index (κ1) is 22.3.